The minimum absolute atomic E-state index is 0.0649. The number of benzene rings is 2. The number of amides is 2. The molecule has 0 saturated heterocycles. The van der Waals surface area contributed by atoms with Gasteiger partial charge >= 0.3 is 0 Å². The summed E-state index contributed by atoms with van der Waals surface area (Å²) in [6, 6.07) is 17.7. The normalized spacial score (nSPS) is 10.3. The molecule has 0 bridgehead atoms. The molecule has 0 aliphatic rings. The molecule has 5 heteroatoms. The molecule has 0 unspecified atom stereocenters. The van der Waals surface area contributed by atoms with Crippen LogP contribution in [0.5, 0.6) is 0 Å². The first-order valence-electron chi connectivity index (χ1n) is 9.48. The summed E-state index contributed by atoms with van der Waals surface area (Å²) in [6.07, 6.45) is 0.268. The van der Waals surface area contributed by atoms with Gasteiger partial charge in [-0.1, -0.05) is 30.3 Å². The highest BCUT2D eigenvalue weighted by Gasteiger charge is 2.14. The molecule has 2 amide bonds. The van der Waals surface area contributed by atoms with Gasteiger partial charge in [0.15, 0.2) is 0 Å². The minimum Gasteiger partial charge on any atom is -0.372 e. The highest BCUT2D eigenvalue weighted by atomic mass is 16.2. The van der Waals surface area contributed by atoms with E-state index in [-0.39, 0.29) is 18.2 Å². The van der Waals surface area contributed by atoms with E-state index in [1.807, 2.05) is 54.6 Å². The van der Waals surface area contributed by atoms with Crippen molar-refractivity contribution in [3.63, 3.8) is 0 Å². The van der Waals surface area contributed by atoms with Crippen LogP contribution in [0.25, 0.3) is 0 Å². The maximum atomic E-state index is 12.1. The van der Waals surface area contributed by atoms with Gasteiger partial charge in [0.25, 0.3) is 0 Å². The van der Waals surface area contributed by atoms with Crippen LogP contribution >= 0.6 is 0 Å². The molecule has 0 aliphatic heterocycles. The van der Waals surface area contributed by atoms with E-state index in [1.54, 1.807) is 4.90 Å². The summed E-state index contributed by atoms with van der Waals surface area (Å²) in [4.78, 5) is 28.1. The minimum atomic E-state index is -0.0681. The summed E-state index contributed by atoms with van der Waals surface area (Å²) in [5, 5.41) is 2.90. The van der Waals surface area contributed by atoms with Crippen molar-refractivity contribution in [3.8, 4) is 0 Å². The number of hydrogen-bond acceptors (Lipinski definition) is 3. The van der Waals surface area contributed by atoms with Crippen LogP contribution in [-0.4, -0.2) is 31.4 Å². The van der Waals surface area contributed by atoms with Gasteiger partial charge in [-0.3, -0.25) is 9.59 Å². The Hall–Kier alpha value is -2.82. The first kappa shape index (κ1) is 20.5. The smallest absolute Gasteiger partial charge is 0.223 e. The molecule has 0 spiro atoms. The van der Waals surface area contributed by atoms with Crippen LogP contribution in [0, 0.1) is 0 Å². The lowest BCUT2D eigenvalue weighted by Gasteiger charge is -2.24. The van der Waals surface area contributed by atoms with Crippen LogP contribution in [-0.2, 0) is 16.1 Å². The van der Waals surface area contributed by atoms with E-state index >= 15 is 0 Å². The lowest BCUT2D eigenvalue weighted by molar-refractivity contribution is -0.121. The fraction of sp³-hybridized carbons (Fsp3) is 0.364. The Morgan fingerprint density at radius 1 is 0.889 bits per heavy atom. The predicted octanol–water partition coefficient (Wildman–Crippen LogP) is 3.59. The van der Waals surface area contributed by atoms with Gasteiger partial charge in [0, 0.05) is 50.9 Å². The predicted molar refractivity (Wildman–Crippen MR) is 111 cm³/mol. The van der Waals surface area contributed by atoms with Gasteiger partial charge in [-0.15, -0.1) is 0 Å². The second kappa shape index (κ2) is 10.4. The van der Waals surface area contributed by atoms with E-state index < -0.39 is 0 Å². The van der Waals surface area contributed by atoms with Gasteiger partial charge in [0.05, 0.1) is 0 Å². The van der Waals surface area contributed by atoms with Gasteiger partial charge in [0.1, 0.15) is 0 Å². The SMILES string of the molecule is CCN(CC)c1ccc(N(CCC(=O)NCc2ccccc2)C(C)=O)cc1. The van der Waals surface area contributed by atoms with E-state index in [2.05, 4.69) is 24.1 Å². The van der Waals surface area contributed by atoms with Crippen molar-refractivity contribution < 1.29 is 9.59 Å². The molecular formula is C22H29N3O2. The van der Waals surface area contributed by atoms with E-state index in [0.29, 0.717) is 13.1 Å². The molecule has 2 rings (SSSR count). The highest BCUT2D eigenvalue weighted by molar-refractivity contribution is 5.92. The van der Waals surface area contributed by atoms with Crippen LogP contribution < -0.4 is 15.1 Å². The zero-order valence-corrected chi connectivity index (χ0v) is 16.4. The van der Waals surface area contributed by atoms with Crippen molar-refractivity contribution in [1.29, 1.82) is 0 Å². The molecule has 0 aromatic heterocycles. The maximum absolute atomic E-state index is 12.1. The Balaban J connectivity index is 1.93. The third kappa shape index (κ3) is 6.13. The molecule has 5 nitrogen and oxygen atoms in total. The third-order valence-corrected chi connectivity index (χ3v) is 4.57. The number of nitrogens with one attached hydrogen (secondary N) is 1. The van der Waals surface area contributed by atoms with Crippen molar-refractivity contribution in [2.45, 2.75) is 33.7 Å². The summed E-state index contributed by atoms with van der Waals surface area (Å²) >= 11 is 0. The Morgan fingerprint density at radius 2 is 1.48 bits per heavy atom. The molecule has 0 fully saturated rings. The summed E-state index contributed by atoms with van der Waals surface area (Å²) in [7, 11) is 0. The van der Waals surface area contributed by atoms with Crippen LogP contribution in [0.4, 0.5) is 11.4 Å². The number of carbonyl (C=O) groups is 2. The molecule has 0 saturated carbocycles. The van der Waals surface area contributed by atoms with Crippen LogP contribution in [0.2, 0.25) is 0 Å². The molecular weight excluding hydrogens is 338 g/mol. The Kier molecular flexibility index (Phi) is 7.86. The lowest BCUT2D eigenvalue weighted by Crippen LogP contribution is -2.33. The van der Waals surface area contributed by atoms with Gasteiger partial charge in [0.2, 0.25) is 11.8 Å². The van der Waals surface area contributed by atoms with Gasteiger partial charge in [-0.05, 0) is 43.7 Å². The van der Waals surface area contributed by atoms with Crippen LogP contribution in [0.15, 0.2) is 54.6 Å². The fourth-order valence-electron chi connectivity index (χ4n) is 3.00. The van der Waals surface area contributed by atoms with Crippen molar-refractivity contribution >= 4 is 23.2 Å². The van der Waals surface area contributed by atoms with Crippen LogP contribution in [0.1, 0.15) is 32.8 Å². The fourth-order valence-corrected chi connectivity index (χ4v) is 3.00. The Bertz CT molecular complexity index is 725. The Labute approximate surface area is 162 Å². The number of carbonyl (C=O) groups excluding carboxylic acids is 2. The zero-order valence-electron chi connectivity index (χ0n) is 16.4. The number of nitrogens with zero attached hydrogens (tertiary/aromatic N) is 2. The van der Waals surface area contributed by atoms with E-state index in [9.17, 15) is 9.59 Å². The standard InChI is InChI=1S/C22H29N3O2/c1-4-24(5-2)20-11-13-21(14-12-20)25(18(3)26)16-15-22(27)23-17-19-9-7-6-8-10-19/h6-14H,4-5,15-17H2,1-3H3,(H,23,27). The first-order valence-corrected chi connectivity index (χ1v) is 9.48. The average Bonchev–Trinajstić information content (AvgIpc) is 2.69. The molecule has 2 aromatic rings. The molecule has 1 N–H and O–H groups in total. The van der Waals surface area contributed by atoms with Crippen molar-refractivity contribution in [2.24, 2.45) is 0 Å². The molecule has 144 valence electrons. The summed E-state index contributed by atoms with van der Waals surface area (Å²) in [5.74, 6) is -0.133. The van der Waals surface area contributed by atoms with Gasteiger partial charge in [-0.25, -0.2) is 0 Å². The average molecular weight is 367 g/mol. The van der Waals surface area contributed by atoms with E-state index in [4.69, 9.17) is 0 Å². The second-order valence-corrected chi connectivity index (χ2v) is 6.37. The Morgan fingerprint density at radius 3 is 2.04 bits per heavy atom. The summed E-state index contributed by atoms with van der Waals surface area (Å²) in [5.41, 5.74) is 3.00. The van der Waals surface area contributed by atoms with Crippen molar-refractivity contribution in [2.75, 3.05) is 29.4 Å². The van der Waals surface area contributed by atoms with Crippen molar-refractivity contribution in [1.82, 2.24) is 5.32 Å². The topological polar surface area (TPSA) is 52.6 Å². The number of anilines is 2. The van der Waals surface area contributed by atoms with Crippen LogP contribution in [0.3, 0.4) is 0 Å². The summed E-state index contributed by atoms with van der Waals surface area (Å²) < 4.78 is 0. The number of hydrogen-bond donors (Lipinski definition) is 1. The molecule has 0 heterocycles. The second-order valence-electron chi connectivity index (χ2n) is 6.37. The third-order valence-electron chi connectivity index (χ3n) is 4.57. The maximum Gasteiger partial charge on any atom is 0.223 e. The van der Waals surface area contributed by atoms with Gasteiger partial charge < -0.3 is 15.1 Å². The molecule has 2 aromatic carbocycles. The van der Waals surface area contributed by atoms with Gasteiger partial charge in [-0.2, -0.15) is 0 Å². The molecule has 0 radical (unpaired) electrons. The zero-order chi connectivity index (χ0) is 19.6. The lowest BCUT2D eigenvalue weighted by atomic mass is 10.2. The number of rotatable bonds is 9. The monoisotopic (exact) mass is 367 g/mol. The van der Waals surface area contributed by atoms with E-state index in [0.717, 1.165) is 30.0 Å². The quantitative estimate of drug-likeness (QED) is 0.737. The van der Waals surface area contributed by atoms with E-state index in [1.165, 1.54) is 6.92 Å². The first-order chi connectivity index (χ1) is 13.0. The summed E-state index contributed by atoms with van der Waals surface area (Å²) in [6.45, 7) is 8.50. The molecule has 0 aliphatic carbocycles. The largest absolute Gasteiger partial charge is 0.372 e. The van der Waals surface area contributed by atoms with Crippen molar-refractivity contribution in [3.05, 3.63) is 60.2 Å². The molecule has 0 atom stereocenters. The highest BCUT2D eigenvalue weighted by Crippen LogP contribution is 2.21. The molecule has 27 heavy (non-hydrogen) atoms.